The van der Waals surface area contributed by atoms with Gasteiger partial charge in [-0.1, -0.05) is 0 Å². The van der Waals surface area contributed by atoms with E-state index >= 15 is 0 Å². The van der Waals surface area contributed by atoms with Gasteiger partial charge in [0.25, 0.3) is 5.97 Å². The van der Waals surface area contributed by atoms with Gasteiger partial charge >= 0.3 is 5.97 Å². The van der Waals surface area contributed by atoms with E-state index in [4.69, 9.17) is 19.7 Å². The minimum Gasteiger partial charge on any atom is -0.481 e. The van der Waals surface area contributed by atoms with Gasteiger partial charge in [0.15, 0.2) is 5.69 Å². The first-order valence-electron chi connectivity index (χ1n) is 7.07. The molecule has 128 valence electrons. The summed E-state index contributed by atoms with van der Waals surface area (Å²) in [5, 5.41) is 36.1. The van der Waals surface area contributed by atoms with Crippen LogP contribution in [-0.4, -0.2) is 63.8 Å². The molecular weight excluding hydrogens is 306 g/mol. The topological polar surface area (TPSA) is 142 Å². The zero-order chi connectivity index (χ0) is 17.3. The highest BCUT2D eigenvalue weighted by atomic mass is 16.5. The molecule has 0 unspecified atom stereocenters. The molecule has 2 rings (SSSR count). The van der Waals surface area contributed by atoms with Crippen molar-refractivity contribution in [2.75, 3.05) is 31.7 Å². The number of nitrogens with zero attached hydrogens (tertiary/aromatic N) is 2. The molecule has 0 amide bonds. The Morgan fingerprint density at radius 1 is 1.26 bits per heavy atom. The van der Waals surface area contributed by atoms with Gasteiger partial charge in [-0.2, -0.15) is 0 Å². The Morgan fingerprint density at radius 3 is 2.30 bits per heavy atom. The van der Waals surface area contributed by atoms with Gasteiger partial charge in [0.05, 0.1) is 6.61 Å². The number of ether oxygens (including phenoxy) is 1. The van der Waals surface area contributed by atoms with Crippen LogP contribution in [-0.2, 0) is 9.53 Å². The Morgan fingerprint density at radius 2 is 1.87 bits per heavy atom. The van der Waals surface area contributed by atoms with Crippen molar-refractivity contribution in [1.82, 2.24) is 10.2 Å². The van der Waals surface area contributed by atoms with Crippen LogP contribution in [0.5, 0.6) is 0 Å². The largest absolute Gasteiger partial charge is 0.481 e. The van der Waals surface area contributed by atoms with Crippen molar-refractivity contribution in [3.8, 4) is 0 Å². The van der Waals surface area contributed by atoms with Crippen LogP contribution in [0, 0.1) is 5.41 Å². The van der Waals surface area contributed by atoms with Gasteiger partial charge in [-0.25, -0.2) is 4.79 Å². The summed E-state index contributed by atoms with van der Waals surface area (Å²) in [6.07, 6.45) is 1.58. The lowest BCUT2D eigenvalue weighted by molar-refractivity contribution is -0.134. The number of aliphatic hydroxyl groups is 1. The highest BCUT2D eigenvalue weighted by Crippen LogP contribution is 2.29. The van der Waals surface area contributed by atoms with Gasteiger partial charge < -0.3 is 25.4 Å². The third-order valence-corrected chi connectivity index (χ3v) is 3.42. The predicted molar refractivity (Wildman–Crippen MR) is 80.4 cm³/mol. The normalized spacial score (nSPS) is 15.9. The number of nitrogens with one attached hydrogen (secondary N) is 1. The Kier molecular flexibility index (Phi) is 7.36. The van der Waals surface area contributed by atoms with E-state index in [1.165, 1.54) is 6.07 Å². The van der Waals surface area contributed by atoms with E-state index in [0.29, 0.717) is 25.6 Å². The van der Waals surface area contributed by atoms with Crippen molar-refractivity contribution in [1.29, 1.82) is 0 Å². The van der Waals surface area contributed by atoms with Crippen molar-refractivity contribution >= 4 is 17.8 Å². The molecule has 0 saturated carbocycles. The molecule has 1 aromatic rings. The second-order valence-corrected chi connectivity index (χ2v) is 5.25. The number of anilines is 1. The fourth-order valence-electron chi connectivity index (χ4n) is 2.01. The number of carboxylic acids is 2. The third kappa shape index (κ3) is 6.57. The van der Waals surface area contributed by atoms with Crippen LogP contribution in [0.1, 0.15) is 30.3 Å². The highest BCUT2D eigenvalue weighted by Gasteiger charge is 2.31. The standard InChI is InChI=1S/C12H17N3O4.C2H4O2/c16-8-12(3-5-19-6-4-12)7-13-10-2-1-9(11(17)18)14-15-10;1-2(3)4/h1-2,16H,3-8H2,(H,13,15)(H,17,18);1H3,(H,3,4). The Hall–Kier alpha value is -2.26. The molecular formula is C14H21N3O6. The van der Waals surface area contributed by atoms with Crippen LogP contribution >= 0.6 is 0 Å². The van der Waals surface area contributed by atoms with Crippen LogP contribution in [0.25, 0.3) is 0 Å². The fourth-order valence-corrected chi connectivity index (χ4v) is 2.01. The van der Waals surface area contributed by atoms with Gasteiger partial charge in [0.2, 0.25) is 0 Å². The van der Waals surface area contributed by atoms with Gasteiger partial charge in [-0.05, 0) is 25.0 Å². The lowest BCUT2D eigenvalue weighted by Crippen LogP contribution is -2.39. The Labute approximate surface area is 133 Å². The van der Waals surface area contributed by atoms with E-state index in [1.807, 2.05) is 0 Å². The van der Waals surface area contributed by atoms with Gasteiger partial charge in [-0.15, -0.1) is 10.2 Å². The minimum atomic E-state index is -1.10. The van der Waals surface area contributed by atoms with Gasteiger partial charge in [0, 0.05) is 32.1 Å². The number of aromatic nitrogens is 2. The summed E-state index contributed by atoms with van der Waals surface area (Å²) >= 11 is 0. The first kappa shape index (κ1) is 18.8. The minimum absolute atomic E-state index is 0.0873. The molecule has 4 N–H and O–H groups in total. The number of hydrogen-bond acceptors (Lipinski definition) is 7. The second kappa shape index (κ2) is 9.01. The molecule has 0 aromatic carbocycles. The van der Waals surface area contributed by atoms with Crippen molar-refractivity contribution in [2.45, 2.75) is 19.8 Å². The number of aliphatic carboxylic acids is 1. The molecule has 9 nitrogen and oxygen atoms in total. The summed E-state index contributed by atoms with van der Waals surface area (Å²) in [7, 11) is 0. The maximum atomic E-state index is 10.6. The Bertz CT molecular complexity index is 510. The van der Waals surface area contributed by atoms with E-state index in [1.54, 1.807) is 6.07 Å². The molecule has 1 fully saturated rings. The first-order chi connectivity index (χ1) is 10.9. The van der Waals surface area contributed by atoms with Crippen LogP contribution < -0.4 is 5.32 Å². The monoisotopic (exact) mass is 327 g/mol. The molecule has 2 heterocycles. The number of hydrogen-bond donors (Lipinski definition) is 4. The molecule has 23 heavy (non-hydrogen) atoms. The van der Waals surface area contributed by atoms with Crippen LogP contribution in [0.3, 0.4) is 0 Å². The highest BCUT2D eigenvalue weighted by molar-refractivity contribution is 5.85. The summed E-state index contributed by atoms with van der Waals surface area (Å²) in [5.41, 5.74) is -0.292. The summed E-state index contributed by atoms with van der Waals surface area (Å²) in [6.45, 7) is 3.02. The van der Waals surface area contributed by atoms with Crippen molar-refractivity contribution < 1.29 is 29.6 Å². The van der Waals surface area contributed by atoms with E-state index in [2.05, 4.69) is 15.5 Å². The summed E-state index contributed by atoms with van der Waals surface area (Å²) in [5.74, 6) is -1.43. The summed E-state index contributed by atoms with van der Waals surface area (Å²) < 4.78 is 5.29. The Balaban J connectivity index is 0.000000593. The van der Waals surface area contributed by atoms with Crippen molar-refractivity contribution in [3.05, 3.63) is 17.8 Å². The van der Waals surface area contributed by atoms with Crippen LogP contribution in [0.15, 0.2) is 12.1 Å². The summed E-state index contributed by atoms with van der Waals surface area (Å²) in [6, 6.07) is 2.97. The number of rotatable bonds is 5. The average molecular weight is 327 g/mol. The first-order valence-corrected chi connectivity index (χ1v) is 7.07. The molecule has 1 aliphatic rings. The zero-order valence-corrected chi connectivity index (χ0v) is 12.9. The quantitative estimate of drug-likeness (QED) is 0.606. The molecule has 0 spiro atoms. The molecule has 0 aliphatic carbocycles. The van der Waals surface area contributed by atoms with Crippen molar-refractivity contribution in [3.63, 3.8) is 0 Å². The SMILES string of the molecule is CC(=O)O.O=C(O)c1ccc(NCC2(CO)CCOCC2)nn1. The maximum absolute atomic E-state index is 10.6. The molecule has 0 bridgehead atoms. The number of carbonyl (C=O) groups is 2. The van der Waals surface area contributed by atoms with Gasteiger partial charge in [0.1, 0.15) is 5.82 Å². The van der Waals surface area contributed by atoms with E-state index in [-0.39, 0.29) is 17.7 Å². The van der Waals surface area contributed by atoms with Crippen LogP contribution in [0.4, 0.5) is 5.82 Å². The molecule has 1 aromatic heterocycles. The zero-order valence-electron chi connectivity index (χ0n) is 12.9. The average Bonchev–Trinajstić information content (AvgIpc) is 2.54. The molecule has 0 atom stereocenters. The smallest absolute Gasteiger partial charge is 0.356 e. The van der Waals surface area contributed by atoms with E-state index in [9.17, 15) is 9.90 Å². The number of carboxylic acid groups (broad SMARTS) is 2. The molecule has 0 radical (unpaired) electrons. The lowest BCUT2D eigenvalue weighted by atomic mass is 9.81. The summed E-state index contributed by atoms with van der Waals surface area (Å²) in [4.78, 5) is 19.6. The maximum Gasteiger partial charge on any atom is 0.356 e. The molecule has 1 aliphatic heterocycles. The lowest BCUT2D eigenvalue weighted by Gasteiger charge is -2.35. The fraction of sp³-hybridized carbons (Fsp3) is 0.571. The predicted octanol–water partition coefficient (Wildman–Crippen LogP) is 0.467. The number of aromatic carboxylic acids is 1. The van der Waals surface area contributed by atoms with Gasteiger partial charge in [-0.3, -0.25) is 4.79 Å². The van der Waals surface area contributed by atoms with Crippen molar-refractivity contribution in [2.24, 2.45) is 5.41 Å². The van der Waals surface area contributed by atoms with Crippen LogP contribution in [0.2, 0.25) is 0 Å². The van der Waals surface area contributed by atoms with E-state index < -0.39 is 11.9 Å². The molecule has 9 heteroatoms. The molecule has 1 saturated heterocycles. The number of aliphatic hydroxyl groups excluding tert-OH is 1. The third-order valence-electron chi connectivity index (χ3n) is 3.42. The van der Waals surface area contributed by atoms with E-state index in [0.717, 1.165) is 19.8 Å². The second-order valence-electron chi connectivity index (χ2n) is 5.25.